The molecule has 0 bridgehead atoms. The van der Waals surface area contributed by atoms with E-state index in [1.54, 1.807) is 24.3 Å². The number of hydrogen-bond donors (Lipinski definition) is 4. The van der Waals surface area contributed by atoms with Gasteiger partial charge in [-0.2, -0.15) is 0 Å². The third-order valence-electron chi connectivity index (χ3n) is 2.11. The topological polar surface area (TPSA) is 86.7 Å². The molecule has 5 N–H and O–H groups in total. The highest BCUT2D eigenvalue weighted by Gasteiger charge is 2.15. The van der Waals surface area contributed by atoms with Gasteiger partial charge in [-0.05, 0) is 11.1 Å². The summed E-state index contributed by atoms with van der Waals surface area (Å²) in [6, 6.07) is 6.72. The van der Waals surface area contributed by atoms with Gasteiger partial charge in [-0.15, -0.1) is 0 Å². The molecule has 2 atom stereocenters. The van der Waals surface area contributed by atoms with E-state index in [-0.39, 0.29) is 13.2 Å². The van der Waals surface area contributed by atoms with Crippen LogP contribution in [0.2, 0.25) is 0 Å². The number of nitrogens with two attached hydrogens (primary N) is 1. The highest BCUT2D eigenvalue weighted by Crippen LogP contribution is 2.16. The van der Waals surface area contributed by atoms with Crippen LogP contribution in [0.15, 0.2) is 24.3 Å². The van der Waals surface area contributed by atoms with E-state index in [0.29, 0.717) is 5.56 Å². The van der Waals surface area contributed by atoms with E-state index in [1.165, 1.54) is 0 Å². The third kappa shape index (κ3) is 2.52. The molecule has 1 aromatic rings. The van der Waals surface area contributed by atoms with Gasteiger partial charge in [0, 0.05) is 6.54 Å². The first-order valence-electron chi connectivity index (χ1n) is 4.45. The Hall–Kier alpha value is -0.940. The first-order valence-corrected chi connectivity index (χ1v) is 4.45. The summed E-state index contributed by atoms with van der Waals surface area (Å²) in [5.41, 5.74) is 6.58. The minimum absolute atomic E-state index is 0.0168. The maximum atomic E-state index is 9.56. The fraction of sp³-hybridized carbons (Fsp3) is 0.400. The van der Waals surface area contributed by atoms with E-state index in [9.17, 15) is 10.2 Å². The summed E-state index contributed by atoms with van der Waals surface area (Å²) in [5.74, 6) is 0. The van der Waals surface area contributed by atoms with E-state index in [2.05, 4.69) is 0 Å². The molecule has 0 heterocycles. The van der Waals surface area contributed by atoms with Crippen LogP contribution in [-0.4, -0.2) is 28.0 Å². The standard InChI is InChI=1S/C10H15NO3/c11-5-9(13)10(14)8-3-1-7(6-12)2-4-8/h1-4,9-10,12-14H,5-6,11H2. The van der Waals surface area contributed by atoms with E-state index < -0.39 is 12.2 Å². The van der Waals surface area contributed by atoms with E-state index >= 15 is 0 Å². The van der Waals surface area contributed by atoms with Crippen LogP contribution in [-0.2, 0) is 6.61 Å². The summed E-state index contributed by atoms with van der Waals surface area (Å²) >= 11 is 0. The van der Waals surface area contributed by atoms with Crippen molar-refractivity contribution in [2.75, 3.05) is 6.54 Å². The molecule has 14 heavy (non-hydrogen) atoms. The molecular formula is C10H15NO3. The smallest absolute Gasteiger partial charge is 0.106 e. The Labute approximate surface area is 82.6 Å². The zero-order chi connectivity index (χ0) is 10.6. The molecule has 0 aliphatic heterocycles. The second kappa shape index (κ2) is 5.07. The molecule has 4 nitrogen and oxygen atoms in total. The predicted octanol–water partition coefficient (Wildman–Crippen LogP) is -0.468. The van der Waals surface area contributed by atoms with Crippen molar-refractivity contribution in [2.24, 2.45) is 5.73 Å². The quantitative estimate of drug-likeness (QED) is 0.525. The molecule has 0 fully saturated rings. The number of benzene rings is 1. The lowest BCUT2D eigenvalue weighted by atomic mass is 10.0. The number of aliphatic hydroxyl groups is 3. The molecule has 0 saturated heterocycles. The molecule has 0 spiro atoms. The van der Waals surface area contributed by atoms with E-state index in [4.69, 9.17) is 10.8 Å². The Morgan fingerprint density at radius 2 is 1.71 bits per heavy atom. The fourth-order valence-corrected chi connectivity index (χ4v) is 1.17. The van der Waals surface area contributed by atoms with Crippen molar-refractivity contribution >= 4 is 0 Å². The summed E-state index contributed by atoms with van der Waals surface area (Å²) in [6.45, 7) is -0.0151. The summed E-state index contributed by atoms with van der Waals surface area (Å²) in [5, 5.41) is 27.6. The van der Waals surface area contributed by atoms with Gasteiger partial charge in [-0.25, -0.2) is 0 Å². The Morgan fingerprint density at radius 1 is 1.14 bits per heavy atom. The Bertz CT molecular complexity index is 273. The second-order valence-electron chi connectivity index (χ2n) is 3.15. The van der Waals surface area contributed by atoms with Gasteiger partial charge in [0.05, 0.1) is 12.7 Å². The first kappa shape index (κ1) is 11.1. The monoisotopic (exact) mass is 197 g/mol. The number of aliphatic hydroxyl groups excluding tert-OH is 3. The molecule has 0 aliphatic carbocycles. The van der Waals surface area contributed by atoms with Crippen LogP contribution in [0.3, 0.4) is 0 Å². The predicted molar refractivity (Wildman–Crippen MR) is 52.4 cm³/mol. The van der Waals surface area contributed by atoms with Crippen LogP contribution >= 0.6 is 0 Å². The highest BCUT2D eigenvalue weighted by molar-refractivity contribution is 5.24. The largest absolute Gasteiger partial charge is 0.392 e. The minimum atomic E-state index is -0.965. The molecule has 0 aromatic heterocycles. The Balaban J connectivity index is 2.75. The van der Waals surface area contributed by atoms with Crippen LogP contribution in [0, 0.1) is 0 Å². The van der Waals surface area contributed by atoms with Crippen molar-refractivity contribution in [3.05, 3.63) is 35.4 Å². The van der Waals surface area contributed by atoms with Crippen molar-refractivity contribution in [1.82, 2.24) is 0 Å². The van der Waals surface area contributed by atoms with Gasteiger partial charge in [0.15, 0.2) is 0 Å². The maximum Gasteiger partial charge on any atom is 0.106 e. The molecule has 0 amide bonds. The molecule has 4 heteroatoms. The molecule has 0 aliphatic rings. The second-order valence-corrected chi connectivity index (χ2v) is 3.15. The molecule has 2 unspecified atom stereocenters. The van der Waals surface area contributed by atoms with Crippen molar-refractivity contribution in [1.29, 1.82) is 0 Å². The third-order valence-corrected chi connectivity index (χ3v) is 2.11. The summed E-state index contributed by atoms with van der Waals surface area (Å²) in [4.78, 5) is 0. The lowest BCUT2D eigenvalue weighted by Crippen LogP contribution is -2.27. The van der Waals surface area contributed by atoms with Crippen LogP contribution < -0.4 is 5.73 Å². The number of rotatable bonds is 4. The minimum Gasteiger partial charge on any atom is -0.392 e. The van der Waals surface area contributed by atoms with Crippen molar-refractivity contribution in [3.8, 4) is 0 Å². The van der Waals surface area contributed by atoms with Crippen LogP contribution in [0.5, 0.6) is 0 Å². The summed E-state index contributed by atoms with van der Waals surface area (Å²) in [7, 11) is 0. The Kier molecular flexibility index (Phi) is 4.03. The first-order chi connectivity index (χ1) is 6.69. The van der Waals surface area contributed by atoms with Crippen LogP contribution in [0.1, 0.15) is 17.2 Å². The van der Waals surface area contributed by atoms with Gasteiger partial charge in [0.25, 0.3) is 0 Å². The lowest BCUT2D eigenvalue weighted by molar-refractivity contribution is 0.0243. The van der Waals surface area contributed by atoms with E-state index in [1.807, 2.05) is 0 Å². The van der Waals surface area contributed by atoms with Crippen molar-refractivity contribution in [3.63, 3.8) is 0 Å². The fourth-order valence-electron chi connectivity index (χ4n) is 1.17. The molecule has 78 valence electrons. The van der Waals surface area contributed by atoms with Gasteiger partial charge < -0.3 is 21.1 Å². The van der Waals surface area contributed by atoms with Gasteiger partial charge in [0.2, 0.25) is 0 Å². The molecule has 0 radical (unpaired) electrons. The van der Waals surface area contributed by atoms with Gasteiger partial charge in [-0.3, -0.25) is 0 Å². The van der Waals surface area contributed by atoms with Gasteiger partial charge in [-0.1, -0.05) is 24.3 Å². The molecular weight excluding hydrogens is 182 g/mol. The SMILES string of the molecule is NCC(O)C(O)c1ccc(CO)cc1. The van der Waals surface area contributed by atoms with Crippen LogP contribution in [0.4, 0.5) is 0 Å². The van der Waals surface area contributed by atoms with Crippen molar-refractivity contribution in [2.45, 2.75) is 18.8 Å². The van der Waals surface area contributed by atoms with Crippen LogP contribution in [0.25, 0.3) is 0 Å². The molecule has 1 aromatic carbocycles. The lowest BCUT2D eigenvalue weighted by Gasteiger charge is -2.16. The molecule has 1 rings (SSSR count). The van der Waals surface area contributed by atoms with Gasteiger partial charge in [0.1, 0.15) is 6.10 Å². The summed E-state index contributed by atoms with van der Waals surface area (Å²) < 4.78 is 0. The summed E-state index contributed by atoms with van der Waals surface area (Å²) in [6.07, 6.45) is -1.91. The average Bonchev–Trinajstić information content (AvgIpc) is 2.27. The van der Waals surface area contributed by atoms with E-state index in [0.717, 1.165) is 5.56 Å². The van der Waals surface area contributed by atoms with Gasteiger partial charge >= 0.3 is 0 Å². The number of hydrogen-bond acceptors (Lipinski definition) is 4. The average molecular weight is 197 g/mol. The highest BCUT2D eigenvalue weighted by atomic mass is 16.3. The zero-order valence-corrected chi connectivity index (χ0v) is 7.80. The maximum absolute atomic E-state index is 9.56. The molecule has 0 saturated carbocycles. The zero-order valence-electron chi connectivity index (χ0n) is 7.80. The normalized spacial score (nSPS) is 15.1. The Morgan fingerprint density at radius 3 is 2.14 bits per heavy atom. The van der Waals surface area contributed by atoms with Crippen molar-refractivity contribution < 1.29 is 15.3 Å².